The third-order valence-corrected chi connectivity index (χ3v) is 2.03. The number of allylic oxidation sites excluding steroid dienone is 4. The van der Waals surface area contributed by atoms with Crippen molar-refractivity contribution in [3.8, 4) is 6.07 Å². The summed E-state index contributed by atoms with van der Waals surface area (Å²) in [5, 5.41) is 9.30. The first-order valence-electron chi connectivity index (χ1n) is 2.75. The van der Waals surface area contributed by atoms with Gasteiger partial charge in [0.2, 0.25) is 0 Å². The summed E-state index contributed by atoms with van der Waals surface area (Å²) in [6.07, 6.45) is 4.21. The monoisotopic (exact) mass is 172 g/mol. The summed E-state index contributed by atoms with van der Waals surface area (Å²) >= 11 is 11.3. The smallest absolute Gasteiger partial charge is 0.100 e. The average Bonchev–Trinajstić information content (AvgIpc) is 1.95. The van der Waals surface area contributed by atoms with Crippen LogP contribution < -0.4 is 0 Å². The Morgan fingerprint density at radius 3 is 2.70 bits per heavy atom. The molecule has 1 nitrogen and oxygen atoms in total. The first-order valence-corrected chi connectivity index (χ1v) is 3.50. The zero-order valence-electron chi connectivity index (χ0n) is 5.06. The molecule has 0 amide bonds. The molecule has 0 bridgehead atoms. The average molecular weight is 173 g/mol. The molecule has 0 fully saturated rings. The van der Waals surface area contributed by atoms with Crippen LogP contribution >= 0.6 is 23.2 Å². The Hall–Kier alpha value is -0.450. The summed E-state index contributed by atoms with van der Waals surface area (Å²) in [5.41, 5.74) is 0.467. The summed E-state index contributed by atoms with van der Waals surface area (Å²) < 4.78 is 0. The molecule has 0 atom stereocenters. The van der Waals surface area contributed by atoms with E-state index in [-0.39, 0.29) is 0 Å². The van der Waals surface area contributed by atoms with Crippen LogP contribution in [0.25, 0.3) is 0 Å². The Bertz CT molecular complexity index is 245. The predicted molar refractivity (Wildman–Crippen MR) is 41.3 cm³/mol. The van der Waals surface area contributed by atoms with Gasteiger partial charge in [-0.05, 0) is 6.42 Å². The lowest BCUT2D eigenvalue weighted by atomic mass is 10.1. The normalized spacial score (nSPS) is 18.3. The molecule has 0 aromatic heterocycles. The van der Waals surface area contributed by atoms with Crippen LogP contribution in [0.4, 0.5) is 0 Å². The second-order valence-electron chi connectivity index (χ2n) is 1.83. The number of rotatable bonds is 0. The van der Waals surface area contributed by atoms with Crippen LogP contribution in [0, 0.1) is 17.8 Å². The molecular formula is C7H4Cl2N. The van der Waals surface area contributed by atoms with Gasteiger partial charge in [0.25, 0.3) is 0 Å². The largest absolute Gasteiger partial charge is 0.192 e. The van der Waals surface area contributed by atoms with E-state index in [1.165, 1.54) is 0 Å². The van der Waals surface area contributed by atoms with Crippen molar-refractivity contribution in [2.45, 2.75) is 6.42 Å². The minimum Gasteiger partial charge on any atom is -0.192 e. The van der Waals surface area contributed by atoms with Gasteiger partial charge in [-0.15, -0.1) is 0 Å². The topological polar surface area (TPSA) is 23.8 Å². The number of nitrogens with zero attached hydrogens (tertiary/aromatic N) is 1. The molecule has 0 aromatic carbocycles. The van der Waals surface area contributed by atoms with Crippen LogP contribution in [0.15, 0.2) is 21.7 Å². The van der Waals surface area contributed by atoms with Crippen molar-refractivity contribution < 1.29 is 0 Å². The Balaban J connectivity index is 2.97. The highest BCUT2D eigenvalue weighted by Gasteiger charge is 2.11. The highest BCUT2D eigenvalue weighted by Crippen LogP contribution is 2.29. The second-order valence-corrected chi connectivity index (χ2v) is 2.62. The Morgan fingerprint density at radius 1 is 1.50 bits per heavy atom. The molecule has 3 heteroatoms. The molecule has 0 heterocycles. The molecule has 51 valence electrons. The van der Waals surface area contributed by atoms with Gasteiger partial charge >= 0.3 is 0 Å². The third kappa shape index (κ3) is 1.34. The van der Waals surface area contributed by atoms with Crippen LogP contribution in [0.3, 0.4) is 0 Å². The first-order chi connectivity index (χ1) is 4.75. The molecule has 0 aliphatic heterocycles. The Morgan fingerprint density at radius 2 is 2.20 bits per heavy atom. The van der Waals surface area contributed by atoms with E-state index in [2.05, 4.69) is 0 Å². The fraction of sp³-hybridized carbons (Fsp3) is 0.143. The number of nitriles is 1. The fourth-order valence-corrected chi connectivity index (χ4v) is 1.07. The maximum absolute atomic E-state index is 8.47. The van der Waals surface area contributed by atoms with Gasteiger partial charge in [0, 0.05) is 11.5 Å². The van der Waals surface area contributed by atoms with Gasteiger partial charge in [-0.3, -0.25) is 0 Å². The van der Waals surface area contributed by atoms with E-state index in [1.54, 1.807) is 12.5 Å². The summed E-state index contributed by atoms with van der Waals surface area (Å²) in [5.74, 6) is 0. The molecule has 1 aliphatic rings. The van der Waals surface area contributed by atoms with Crippen molar-refractivity contribution in [1.29, 1.82) is 5.26 Å². The lowest BCUT2D eigenvalue weighted by Crippen LogP contribution is -1.91. The number of hydrogen-bond donors (Lipinski definition) is 0. The molecule has 0 unspecified atom stereocenters. The van der Waals surface area contributed by atoms with Gasteiger partial charge in [-0.1, -0.05) is 29.3 Å². The van der Waals surface area contributed by atoms with Crippen LogP contribution in [0.1, 0.15) is 6.42 Å². The van der Waals surface area contributed by atoms with Crippen molar-refractivity contribution in [3.05, 3.63) is 28.1 Å². The minimum absolute atomic E-state index is 0.357. The van der Waals surface area contributed by atoms with Gasteiger partial charge in [-0.2, -0.15) is 5.26 Å². The van der Waals surface area contributed by atoms with Crippen LogP contribution in [0.5, 0.6) is 0 Å². The van der Waals surface area contributed by atoms with Crippen molar-refractivity contribution >= 4 is 23.2 Å². The maximum atomic E-state index is 8.47. The van der Waals surface area contributed by atoms with Gasteiger partial charge in [0.05, 0.1) is 10.6 Å². The molecular weight excluding hydrogens is 169 g/mol. The standard InChI is InChI=1S/C7H4Cl2N/c8-6-3-1-2-5(4-10)7(6)9/h2-3H,1H2. The van der Waals surface area contributed by atoms with Gasteiger partial charge in [0.15, 0.2) is 0 Å². The molecule has 0 saturated carbocycles. The molecule has 1 radical (unpaired) electrons. The zero-order chi connectivity index (χ0) is 7.56. The second kappa shape index (κ2) is 3.09. The van der Waals surface area contributed by atoms with Gasteiger partial charge in [-0.25, -0.2) is 0 Å². The van der Waals surface area contributed by atoms with Crippen molar-refractivity contribution in [2.24, 2.45) is 0 Å². The predicted octanol–water partition coefficient (Wildman–Crippen LogP) is 2.73. The third-order valence-electron chi connectivity index (χ3n) is 1.19. The van der Waals surface area contributed by atoms with E-state index in [9.17, 15) is 0 Å². The lowest BCUT2D eigenvalue weighted by molar-refractivity contribution is 1.21. The van der Waals surface area contributed by atoms with Crippen LogP contribution in [0.2, 0.25) is 0 Å². The number of hydrogen-bond acceptors (Lipinski definition) is 1. The highest BCUT2D eigenvalue weighted by molar-refractivity contribution is 6.41. The fourth-order valence-electron chi connectivity index (χ4n) is 0.683. The molecule has 10 heavy (non-hydrogen) atoms. The zero-order valence-corrected chi connectivity index (χ0v) is 6.58. The van der Waals surface area contributed by atoms with Crippen LogP contribution in [-0.2, 0) is 0 Å². The summed E-state index contributed by atoms with van der Waals surface area (Å²) in [7, 11) is 0. The molecule has 1 rings (SSSR count). The maximum Gasteiger partial charge on any atom is 0.100 e. The van der Waals surface area contributed by atoms with Crippen molar-refractivity contribution in [2.75, 3.05) is 0 Å². The van der Waals surface area contributed by atoms with Crippen molar-refractivity contribution in [3.63, 3.8) is 0 Å². The Kier molecular flexibility index (Phi) is 2.37. The summed E-state index contributed by atoms with van der Waals surface area (Å²) in [4.78, 5) is 0. The molecule has 0 saturated heterocycles. The quantitative estimate of drug-likeness (QED) is 0.552. The molecule has 0 aromatic rings. The van der Waals surface area contributed by atoms with E-state index < -0.39 is 0 Å². The summed E-state index contributed by atoms with van der Waals surface area (Å²) in [6, 6.07) is 1.95. The lowest BCUT2D eigenvalue weighted by Gasteiger charge is -2.05. The van der Waals surface area contributed by atoms with E-state index in [0.29, 0.717) is 22.1 Å². The Labute approximate surface area is 69.5 Å². The van der Waals surface area contributed by atoms with Crippen LogP contribution in [-0.4, -0.2) is 0 Å². The molecule has 0 spiro atoms. The van der Waals surface area contributed by atoms with E-state index >= 15 is 0 Å². The van der Waals surface area contributed by atoms with E-state index in [0.717, 1.165) is 0 Å². The summed E-state index contributed by atoms with van der Waals surface area (Å²) in [6.45, 7) is 0. The molecule has 1 aliphatic carbocycles. The number of halogens is 2. The van der Waals surface area contributed by atoms with Gasteiger partial charge < -0.3 is 0 Å². The first kappa shape index (κ1) is 7.65. The highest BCUT2D eigenvalue weighted by atomic mass is 35.5. The minimum atomic E-state index is 0.357. The van der Waals surface area contributed by atoms with Gasteiger partial charge in [0.1, 0.15) is 6.07 Å². The molecule has 0 N–H and O–H groups in total. The van der Waals surface area contributed by atoms with E-state index in [1.807, 2.05) is 6.07 Å². The van der Waals surface area contributed by atoms with E-state index in [4.69, 9.17) is 28.5 Å². The van der Waals surface area contributed by atoms with Crippen molar-refractivity contribution in [1.82, 2.24) is 0 Å². The SMILES string of the molecule is N#CC1=CC[CH]C(Cl)=C1Cl.